The predicted octanol–water partition coefficient (Wildman–Crippen LogP) is 2.12. The van der Waals surface area contributed by atoms with Crippen molar-refractivity contribution in [3.63, 3.8) is 0 Å². The Morgan fingerprint density at radius 2 is 1.81 bits per heavy atom. The lowest BCUT2D eigenvalue weighted by molar-refractivity contribution is -0.173. The molecule has 2 aliphatic rings. The highest BCUT2D eigenvalue weighted by atomic mass is 16.5. The molecule has 1 aliphatic carbocycles. The van der Waals surface area contributed by atoms with Crippen LogP contribution in [-0.4, -0.2) is 24.9 Å². The van der Waals surface area contributed by atoms with Crippen molar-refractivity contribution in [2.75, 3.05) is 19.8 Å². The van der Waals surface area contributed by atoms with Gasteiger partial charge in [0.2, 0.25) is 0 Å². The second kappa shape index (κ2) is 3.57. The summed E-state index contributed by atoms with van der Waals surface area (Å²) in [5.74, 6) is 0. The first-order valence-electron chi connectivity index (χ1n) is 6.07. The van der Waals surface area contributed by atoms with Crippen LogP contribution in [0.15, 0.2) is 30.3 Å². The number of hydrogen-bond donors (Lipinski definition) is 1. The summed E-state index contributed by atoms with van der Waals surface area (Å²) in [7, 11) is 0. The minimum atomic E-state index is 0.0846. The van der Waals surface area contributed by atoms with Gasteiger partial charge in [0, 0.05) is 17.4 Å². The van der Waals surface area contributed by atoms with Crippen molar-refractivity contribution in [1.29, 1.82) is 0 Å². The Morgan fingerprint density at radius 1 is 1.12 bits per heavy atom. The van der Waals surface area contributed by atoms with Gasteiger partial charge < -0.3 is 9.84 Å². The summed E-state index contributed by atoms with van der Waals surface area (Å²) in [6, 6.07) is 10.6. The van der Waals surface area contributed by atoms with Gasteiger partial charge in [0.05, 0.1) is 13.2 Å². The third-order valence-electron chi connectivity index (χ3n) is 4.65. The maximum atomic E-state index is 9.74. The summed E-state index contributed by atoms with van der Waals surface area (Å²) in [5, 5.41) is 9.74. The van der Waals surface area contributed by atoms with Crippen LogP contribution >= 0.6 is 0 Å². The molecule has 0 amide bonds. The number of ether oxygens (including phenoxy) is 1. The zero-order valence-electron chi connectivity index (χ0n) is 9.48. The van der Waals surface area contributed by atoms with Crippen LogP contribution < -0.4 is 0 Å². The fourth-order valence-electron chi connectivity index (χ4n) is 3.23. The molecule has 2 fully saturated rings. The summed E-state index contributed by atoms with van der Waals surface area (Å²) < 4.78 is 5.47. The lowest BCUT2D eigenvalue weighted by Crippen LogP contribution is -2.63. The van der Waals surface area contributed by atoms with Gasteiger partial charge in [0.15, 0.2) is 0 Å². The van der Waals surface area contributed by atoms with Gasteiger partial charge >= 0.3 is 0 Å². The molecule has 3 rings (SSSR count). The number of aliphatic hydroxyl groups is 1. The van der Waals surface area contributed by atoms with Gasteiger partial charge in [0.25, 0.3) is 0 Å². The summed E-state index contributed by atoms with van der Waals surface area (Å²) in [6.07, 6.45) is 3.53. The van der Waals surface area contributed by atoms with Crippen molar-refractivity contribution >= 4 is 0 Å². The molecule has 1 N–H and O–H groups in total. The van der Waals surface area contributed by atoms with Crippen LogP contribution in [0.3, 0.4) is 0 Å². The summed E-state index contributed by atoms with van der Waals surface area (Å²) in [6.45, 7) is 1.85. The molecule has 1 saturated heterocycles. The molecule has 1 saturated carbocycles. The topological polar surface area (TPSA) is 29.5 Å². The van der Waals surface area contributed by atoms with Gasteiger partial charge in [0.1, 0.15) is 0 Å². The third kappa shape index (κ3) is 1.14. The minimum Gasteiger partial charge on any atom is -0.396 e. The van der Waals surface area contributed by atoms with E-state index in [0.29, 0.717) is 6.61 Å². The first-order chi connectivity index (χ1) is 7.83. The second-order valence-electron chi connectivity index (χ2n) is 5.23. The highest BCUT2D eigenvalue weighted by Crippen LogP contribution is 2.57. The maximum Gasteiger partial charge on any atom is 0.0591 e. The van der Waals surface area contributed by atoms with Crippen LogP contribution in [0.5, 0.6) is 0 Å². The lowest BCUT2D eigenvalue weighted by Gasteiger charge is -2.59. The van der Waals surface area contributed by atoms with E-state index in [4.69, 9.17) is 4.74 Å². The highest BCUT2D eigenvalue weighted by molar-refractivity contribution is 5.33. The van der Waals surface area contributed by atoms with E-state index in [1.165, 1.54) is 12.0 Å². The molecule has 2 heteroatoms. The van der Waals surface area contributed by atoms with Crippen molar-refractivity contribution in [1.82, 2.24) is 0 Å². The molecule has 1 aliphatic heterocycles. The Labute approximate surface area is 96.2 Å². The molecule has 0 atom stereocenters. The Balaban J connectivity index is 2.00. The van der Waals surface area contributed by atoms with E-state index in [1.807, 2.05) is 6.07 Å². The smallest absolute Gasteiger partial charge is 0.0591 e. The van der Waals surface area contributed by atoms with E-state index in [0.717, 1.165) is 26.1 Å². The largest absolute Gasteiger partial charge is 0.396 e. The zero-order valence-corrected chi connectivity index (χ0v) is 9.48. The van der Waals surface area contributed by atoms with Gasteiger partial charge in [-0.2, -0.15) is 0 Å². The van der Waals surface area contributed by atoms with E-state index >= 15 is 0 Å². The molecular weight excluding hydrogens is 200 g/mol. The monoisotopic (exact) mass is 218 g/mol. The molecule has 1 aromatic carbocycles. The van der Waals surface area contributed by atoms with Gasteiger partial charge in [-0.1, -0.05) is 36.8 Å². The molecule has 2 nitrogen and oxygen atoms in total. The van der Waals surface area contributed by atoms with E-state index in [1.54, 1.807) is 0 Å². The molecule has 0 bridgehead atoms. The Hall–Kier alpha value is -0.860. The Bertz CT molecular complexity index is 358. The standard InChI is InChI=1S/C14H18O2/c15-9-13(7-4-8-13)14(10-16-11-14)12-5-2-1-3-6-12/h1-3,5-6,15H,4,7-11H2. The quantitative estimate of drug-likeness (QED) is 0.842. The van der Waals surface area contributed by atoms with E-state index < -0.39 is 0 Å². The maximum absolute atomic E-state index is 9.74. The predicted molar refractivity (Wildman–Crippen MR) is 62.3 cm³/mol. The number of rotatable bonds is 3. The fourth-order valence-corrected chi connectivity index (χ4v) is 3.23. The van der Waals surface area contributed by atoms with E-state index in [2.05, 4.69) is 24.3 Å². The lowest BCUT2D eigenvalue weighted by atomic mass is 9.50. The third-order valence-corrected chi connectivity index (χ3v) is 4.65. The minimum absolute atomic E-state index is 0.0846. The number of aliphatic hydroxyl groups excluding tert-OH is 1. The van der Waals surface area contributed by atoms with Crippen LogP contribution in [0.1, 0.15) is 24.8 Å². The molecule has 0 aromatic heterocycles. The normalized spacial score (nSPS) is 25.6. The molecule has 86 valence electrons. The molecule has 0 radical (unpaired) electrons. The van der Waals surface area contributed by atoms with Gasteiger partial charge in [-0.3, -0.25) is 0 Å². The van der Waals surface area contributed by atoms with E-state index in [-0.39, 0.29) is 10.8 Å². The average Bonchev–Trinajstić information content (AvgIpc) is 2.22. The first kappa shape index (κ1) is 10.3. The van der Waals surface area contributed by atoms with Gasteiger partial charge in [-0.15, -0.1) is 0 Å². The second-order valence-corrected chi connectivity index (χ2v) is 5.23. The average molecular weight is 218 g/mol. The van der Waals surface area contributed by atoms with Crippen LogP contribution in [0.4, 0.5) is 0 Å². The molecule has 1 heterocycles. The van der Waals surface area contributed by atoms with Crippen molar-refractivity contribution in [3.8, 4) is 0 Å². The molecule has 0 spiro atoms. The fraction of sp³-hybridized carbons (Fsp3) is 0.571. The van der Waals surface area contributed by atoms with Gasteiger partial charge in [-0.25, -0.2) is 0 Å². The van der Waals surface area contributed by atoms with E-state index in [9.17, 15) is 5.11 Å². The van der Waals surface area contributed by atoms with Crippen LogP contribution in [-0.2, 0) is 10.2 Å². The van der Waals surface area contributed by atoms with Crippen LogP contribution in [0.25, 0.3) is 0 Å². The zero-order chi connectivity index (χ0) is 11.1. The van der Waals surface area contributed by atoms with Crippen molar-refractivity contribution in [2.45, 2.75) is 24.7 Å². The Kier molecular flexibility index (Phi) is 2.30. The summed E-state index contributed by atoms with van der Waals surface area (Å²) in [4.78, 5) is 0. The SMILES string of the molecule is OCC1(C2(c3ccccc3)COC2)CCC1. The van der Waals surface area contributed by atoms with Crippen molar-refractivity contribution < 1.29 is 9.84 Å². The summed E-state index contributed by atoms with van der Waals surface area (Å²) in [5.41, 5.74) is 1.52. The first-order valence-corrected chi connectivity index (χ1v) is 6.07. The van der Waals surface area contributed by atoms with Crippen molar-refractivity contribution in [2.24, 2.45) is 5.41 Å². The number of benzene rings is 1. The van der Waals surface area contributed by atoms with Gasteiger partial charge in [-0.05, 0) is 18.4 Å². The molecule has 16 heavy (non-hydrogen) atoms. The number of hydrogen-bond acceptors (Lipinski definition) is 2. The van der Waals surface area contributed by atoms with Crippen LogP contribution in [0, 0.1) is 5.41 Å². The molecular formula is C14H18O2. The molecule has 1 aromatic rings. The van der Waals surface area contributed by atoms with Crippen molar-refractivity contribution in [3.05, 3.63) is 35.9 Å². The molecule has 0 unspecified atom stereocenters. The Morgan fingerprint density at radius 3 is 2.19 bits per heavy atom. The summed E-state index contributed by atoms with van der Waals surface area (Å²) >= 11 is 0. The van der Waals surface area contributed by atoms with Crippen LogP contribution in [0.2, 0.25) is 0 Å². The highest BCUT2D eigenvalue weighted by Gasteiger charge is 2.59.